The fourth-order valence-electron chi connectivity index (χ4n) is 2.17. The number of halogens is 1. The van der Waals surface area contributed by atoms with Gasteiger partial charge in [-0.1, -0.05) is 0 Å². The molecule has 2 aromatic rings. The first-order valence-corrected chi connectivity index (χ1v) is 6.93. The van der Waals surface area contributed by atoms with Gasteiger partial charge in [0.2, 0.25) is 0 Å². The normalized spacial score (nSPS) is 19.9. The molecule has 1 aliphatic rings. The van der Waals surface area contributed by atoms with Crippen molar-refractivity contribution in [3.8, 4) is 6.07 Å². The molecule has 92 valence electrons. The van der Waals surface area contributed by atoms with Crippen molar-refractivity contribution in [2.24, 2.45) is 0 Å². The zero-order valence-electron chi connectivity index (χ0n) is 9.64. The minimum atomic E-state index is -0.0230. The topological polar surface area (TPSA) is 63.7 Å². The molecule has 2 aromatic heterocycles. The zero-order chi connectivity index (χ0) is 12.5. The van der Waals surface area contributed by atoms with Crippen LogP contribution in [0, 0.1) is 15.0 Å². The third kappa shape index (κ3) is 1.97. The predicted molar refractivity (Wildman–Crippen MR) is 73.8 cm³/mol. The molecule has 0 saturated carbocycles. The van der Waals surface area contributed by atoms with E-state index in [1.807, 2.05) is 10.7 Å². The van der Waals surface area contributed by atoms with Gasteiger partial charge in [-0.2, -0.15) is 10.4 Å². The van der Waals surface area contributed by atoms with Gasteiger partial charge in [-0.05, 0) is 47.9 Å². The molecule has 1 unspecified atom stereocenters. The van der Waals surface area contributed by atoms with Crippen LogP contribution in [0.25, 0.3) is 11.0 Å². The number of rotatable bonds is 1. The van der Waals surface area contributed by atoms with Gasteiger partial charge in [0.25, 0.3) is 0 Å². The third-order valence-electron chi connectivity index (χ3n) is 3.06. The van der Waals surface area contributed by atoms with E-state index in [-0.39, 0.29) is 6.23 Å². The van der Waals surface area contributed by atoms with Gasteiger partial charge < -0.3 is 4.74 Å². The molecule has 1 aliphatic heterocycles. The van der Waals surface area contributed by atoms with Crippen molar-refractivity contribution in [3.63, 3.8) is 0 Å². The fraction of sp³-hybridized carbons (Fsp3) is 0.417. The summed E-state index contributed by atoms with van der Waals surface area (Å²) in [5.41, 5.74) is 1.36. The van der Waals surface area contributed by atoms with E-state index in [1.165, 1.54) is 0 Å². The first-order valence-electron chi connectivity index (χ1n) is 5.85. The molecule has 0 aromatic carbocycles. The van der Waals surface area contributed by atoms with Gasteiger partial charge in [0.05, 0.1) is 10.9 Å². The number of pyridine rings is 1. The largest absolute Gasteiger partial charge is 0.356 e. The minimum Gasteiger partial charge on any atom is -0.356 e. The Labute approximate surface area is 118 Å². The van der Waals surface area contributed by atoms with Crippen molar-refractivity contribution in [2.75, 3.05) is 6.61 Å². The summed E-state index contributed by atoms with van der Waals surface area (Å²) >= 11 is 2.17. The Morgan fingerprint density at radius 1 is 1.50 bits per heavy atom. The van der Waals surface area contributed by atoms with Crippen molar-refractivity contribution < 1.29 is 4.74 Å². The summed E-state index contributed by atoms with van der Waals surface area (Å²) in [4.78, 5) is 4.34. The van der Waals surface area contributed by atoms with E-state index in [1.54, 1.807) is 6.20 Å². The summed E-state index contributed by atoms with van der Waals surface area (Å²) in [6.07, 6.45) is 4.79. The number of nitrogens with zero attached hydrogens (tertiary/aromatic N) is 4. The van der Waals surface area contributed by atoms with Crippen LogP contribution in [0.3, 0.4) is 0 Å². The lowest BCUT2D eigenvalue weighted by Gasteiger charge is -2.22. The Hall–Kier alpha value is -1.20. The second-order valence-corrected chi connectivity index (χ2v) is 5.29. The van der Waals surface area contributed by atoms with Crippen LogP contribution < -0.4 is 0 Å². The van der Waals surface area contributed by atoms with Gasteiger partial charge in [-0.15, -0.1) is 0 Å². The summed E-state index contributed by atoms with van der Waals surface area (Å²) in [5.74, 6) is 0. The van der Waals surface area contributed by atoms with Crippen molar-refractivity contribution in [1.82, 2.24) is 14.8 Å². The molecule has 3 heterocycles. The lowest BCUT2D eigenvalue weighted by atomic mass is 10.2. The number of ether oxygens (including phenoxy) is 1. The second-order valence-electron chi connectivity index (χ2n) is 4.26. The molecule has 18 heavy (non-hydrogen) atoms. The van der Waals surface area contributed by atoms with Crippen molar-refractivity contribution in [3.05, 3.63) is 21.5 Å². The van der Waals surface area contributed by atoms with Gasteiger partial charge >= 0.3 is 0 Å². The van der Waals surface area contributed by atoms with Crippen LogP contribution in [0.2, 0.25) is 0 Å². The molecule has 1 saturated heterocycles. The van der Waals surface area contributed by atoms with Gasteiger partial charge in [-0.25, -0.2) is 9.67 Å². The number of hydrogen-bond acceptors (Lipinski definition) is 4. The van der Waals surface area contributed by atoms with Crippen LogP contribution >= 0.6 is 22.6 Å². The molecule has 0 bridgehead atoms. The molecule has 5 nitrogen and oxygen atoms in total. The number of nitriles is 1. The van der Waals surface area contributed by atoms with E-state index < -0.39 is 0 Å². The molecule has 0 spiro atoms. The van der Waals surface area contributed by atoms with E-state index in [0.717, 1.165) is 40.6 Å². The molecule has 6 heteroatoms. The molecule has 1 atom stereocenters. The summed E-state index contributed by atoms with van der Waals surface area (Å²) < 4.78 is 8.44. The molecule has 0 aliphatic carbocycles. The van der Waals surface area contributed by atoms with Crippen LogP contribution in [0.15, 0.2) is 12.3 Å². The maximum atomic E-state index is 8.90. The van der Waals surface area contributed by atoms with E-state index in [4.69, 9.17) is 10.00 Å². The maximum absolute atomic E-state index is 8.90. The average molecular weight is 354 g/mol. The Balaban J connectivity index is 2.10. The highest BCUT2D eigenvalue weighted by molar-refractivity contribution is 14.1. The highest BCUT2D eigenvalue weighted by Crippen LogP contribution is 2.27. The highest BCUT2D eigenvalue weighted by atomic mass is 127. The third-order valence-corrected chi connectivity index (χ3v) is 3.86. The summed E-state index contributed by atoms with van der Waals surface area (Å²) in [7, 11) is 0. The van der Waals surface area contributed by atoms with Crippen molar-refractivity contribution in [1.29, 1.82) is 5.26 Å². The number of hydrogen-bond donors (Lipinski definition) is 0. The summed E-state index contributed by atoms with van der Waals surface area (Å²) in [5, 5.41) is 14.3. The van der Waals surface area contributed by atoms with E-state index in [0.29, 0.717) is 5.56 Å². The first-order chi connectivity index (χ1) is 8.79. The predicted octanol–water partition coefficient (Wildman–Crippen LogP) is 2.61. The monoisotopic (exact) mass is 354 g/mol. The highest BCUT2D eigenvalue weighted by Gasteiger charge is 2.21. The summed E-state index contributed by atoms with van der Waals surface area (Å²) in [6.45, 7) is 0.777. The van der Waals surface area contributed by atoms with Crippen LogP contribution in [0.4, 0.5) is 0 Å². The second kappa shape index (κ2) is 4.82. The quantitative estimate of drug-likeness (QED) is 0.739. The van der Waals surface area contributed by atoms with Gasteiger partial charge in [-0.3, -0.25) is 0 Å². The lowest BCUT2D eigenvalue weighted by Crippen LogP contribution is -2.19. The smallest absolute Gasteiger partial charge is 0.161 e. The lowest BCUT2D eigenvalue weighted by molar-refractivity contribution is -0.0372. The van der Waals surface area contributed by atoms with Crippen molar-refractivity contribution in [2.45, 2.75) is 25.5 Å². The van der Waals surface area contributed by atoms with E-state index in [2.05, 4.69) is 38.7 Å². The first kappa shape index (κ1) is 11.9. The van der Waals surface area contributed by atoms with Crippen LogP contribution in [0.1, 0.15) is 31.1 Å². The van der Waals surface area contributed by atoms with E-state index >= 15 is 0 Å². The van der Waals surface area contributed by atoms with Gasteiger partial charge in [0, 0.05) is 12.8 Å². The zero-order valence-corrected chi connectivity index (χ0v) is 11.8. The fourth-order valence-corrected chi connectivity index (χ4v) is 2.80. The van der Waals surface area contributed by atoms with Crippen LogP contribution in [0.5, 0.6) is 0 Å². The van der Waals surface area contributed by atoms with Gasteiger partial charge in [0.15, 0.2) is 11.9 Å². The molecule has 3 rings (SSSR count). The standard InChI is InChI=1S/C12H11IN4O/c13-11-9-5-8(6-14)7-15-12(9)17(16-11)10-3-1-2-4-18-10/h5,7,10H,1-4H2. The number of aromatic nitrogens is 3. The van der Waals surface area contributed by atoms with Crippen LogP contribution in [-0.2, 0) is 4.74 Å². The van der Waals surface area contributed by atoms with Crippen molar-refractivity contribution >= 4 is 33.6 Å². The maximum Gasteiger partial charge on any atom is 0.161 e. The molecular formula is C12H11IN4O. The molecule has 0 N–H and O–H groups in total. The molecular weight excluding hydrogens is 343 g/mol. The van der Waals surface area contributed by atoms with E-state index in [9.17, 15) is 0 Å². The Morgan fingerprint density at radius 3 is 3.11 bits per heavy atom. The Kier molecular flexibility index (Phi) is 3.18. The Morgan fingerprint density at radius 2 is 2.39 bits per heavy atom. The van der Waals surface area contributed by atoms with Gasteiger partial charge in [0.1, 0.15) is 9.77 Å². The number of fused-ring (bicyclic) bond motifs is 1. The average Bonchev–Trinajstić information content (AvgIpc) is 2.77. The Bertz CT molecular complexity index is 625. The SMILES string of the molecule is N#Cc1cnc2c(c1)c(I)nn2C1CCCCO1. The molecule has 1 fully saturated rings. The molecule has 0 radical (unpaired) electrons. The minimum absolute atomic E-state index is 0.0230. The summed E-state index contributed by atoms with van der Waals surface area (Å²) in [6, 6.07) is 3.93. The molecule has 0 amide bonds. The van der Waals surface area contributed by atoms with Crippen LogP contribution in [-0.4, -0.2) is 21.4 Å².